The number of esters is 4. The molecule has 10 nitrogen and oxygen atoms in total. The van der Waals surface area contributed by atoms with Crippen molar-refractivity contribution in [2.24, 2.45) is 0 Å². The van der Waals surface area contributed by atoms with E-state index < -0.39 is 11.9 Å². The average molecular weight is 687 g/mol. The first-order chi connectivity index (χ1) is 24.2. The van der Waals surface area contributed by atoms with E-state index in [9.17, 15) is 19.2 Å². The largest absolute Gasteiger partial charge is 0.462 e. The molecule has 3 aromatic carbocycles. The number of nitrogen functional groups attached to an aromatic ring is 2. The zero-order chi connectivity index (χ0) is 36.0. The number of rotatable bonds is 22. The summed E-state index contributed by atoms with van der Waals surface area (Å²) in [6, 6.07) is 17.8. The number of nitrogens with two attached hydrogens (primary N) is 2. The lowest BCUT2D eigenvalue weighted by Crippen LogP contribution is -2.07. The van der Waals surface area contributed by atoms with E-state index in [0.29, 0.717) is 53.6 Å². The van der Waals surface area contributed by atoms with E-state index in [2.05, 4.69) is 6.92 Å². The van der Waals surface area contributed by atoms with Gasteiger partial charge in [0.2, 0.25) is 0 Å². The van der Waals surface area contributed by atoms with Crippen molar-refractivity contribution in [1.82, 2.24) is 0 Å². The van der Waals surface area contributed by atoms with Crippen LogP contribution in [0.2, 0.25) is 0 Å². The molecule has 0 aliphatic carbocycles. The van der Waals surface area contributed by atoms with E-state index in [-0.39, 0.29) is 11.9 Å². The summed E-state index contributed by atoms with van der Waals surface area (Å²) in [6.45, 7) is 2.82. The van der Waals surface area contributed by atoms with Gasteiger partial charge in [0.1, 0.15) is 11.5 Å². The van der Waals surface area contributed by atoms with Crippen LogP contribution >= 0.6 is 0 Å². The second kappa shape index (κ2) is 22.5. The van der Waals surface area contributed by atoms with Crippen LogP contribution in [0.3, 0.4) is 0 Å². The maximum atomic E-state index is 12.4. The normalized spacial score (nSPS) is 10.9. The van der Waals surface area contributed by atoms with Gasteiger partial charge in [-0.2, -0.15) is 0 Å². The Labute approximate surface area is 295 Å². The molecule has 0 aliphatic rings. The third-order valence-corrected chi connectivity index (χ3v) is 7.78. The third-order valence-electron chi connectivity index (χ3n) is 7.78. The summed E-state index contributed by atoms with van der Waals surface area (Å²) in [6.07, 6.45) is 15.3. The van der Waals surface area contributed by atoms with Crippen LogP contribution in [0.15, 0.2) is 72.8 Å². The Morgan fingerprint density at radius 3 is 1.62 bits per heavy atom. The fourth-order valence-electron chi connectivity index (χ4n) is 5.05. The average Bonchev–Trinajstić information content (AvgIpc) is 3.10. The summed E-state index contributed by atoms with van der Waals surface area (Å²) in [5.41, 5.74) is 13.9. The Kier molecular flexibility index (Phi) is 17.7. The fraction of sp³-hybridized carbons (Fsp3) is 0.400. The molecule has 3 aromatic rings. The maximum absolute atomic E-state index is 12.4. The Morgan fingerprint density at radius 1 is 0.580 bits per heavy atom. The van der Waals surface area contributed by atoms with Gasteiger partial charge in [-0.15, -0.1) is 0 Å². The van der Waals surface area contributed by atoms with Gasteiger partial charge in [-0.3, -0.25) is 4.79 Å². The zero-order valence-corrected chi connectivity index (χ0v) is 29.0. The van der Waals surface area contributed by atoms with Crippen LogP contribution in [-0.2, 0) is 19.1 Å². The fourth-order valence-corrected chi connectivity index (χ4v) is 5.05. The van der Waals surface area contributed by atoms with Gasteiger partial charge in [0.05, 0.1) is 24.3 Å². The number of carbonyl (C=O) groups excluding carboxylic acids is 4. The molecular weight excluding hydrogens is 636 g/mol. The minimum absolute atomic E-state index is 0.282. The summed E-state index contributed by atoms with van der Waals surface area (Å²) >= 11 is 0. The Morgan fingerprint density at radius 2 is 1.08 bits per heavy atom. The van der Waals surface area contributed by atoms with Crippen molar-refractivity contribution < 1.29 is 38.1 Å². The maximum Gasteiger partial charge on any atom is 0.338 e. The minimum Gasteiger partial charge on any atom is -0.462 e. The van der Waals surface area contributed by atoms with Crippen molar-refractivity contribution >= 4 is 41.3 Å². The molecule has 0 aromatic heterocycles. The van der Waals surface area contributed by atoms with Gasteiger partial charge < -0.3 is 30.4 Å². The zero-order valence-electron chi connectivity index (χ0n) is 29.0. The van der Waals surface area contributed by atoms with E-state index in [1.807, 2.05) is 0 Å². The molecule has 0 aliphatic heterocycles. The van der Waals surface area contributed by atoms with Crippen molar-refractivity contribution in [1.29, 1.82) is 0 Å². The first-order valence-corrected chi connectivity index (χ1v) is 17.5. The van der Waals surface area contributed by atoms with E-state index in [0.717, 1.165) is 82.6 Å². The van der Waals surface area contributed by atoms with Crippen LogP contribution in [0.5, 0.6) is 11.5 Å². The van der Waals surface area contributed by atoms with Crippen molar-refractivity contribution in [2.45, 2.75) is 90.4 Å². The summed E-state index contributed by atoms with van der Waals surface area (Å²) in [4.78, 5) is 48.6. The van der Waals surface area contributed by atoms with Gasteiger partial charge in [-0.05, 0) is 85.5 Å². The predicted molar refractivity (Wildman–Crippen MR) is 195 cm³/mol. The summed E-state index contributed by atoms with van der Waals surface area (Å²) in [5, 5.41) is 0. The van der Waals surface area contributed by atoms with Gasteiger partial charge in [0.15, 0.2) is 0 Å². The van der Waals surface area contributed by atoms with Crippen molar-refractivity contribution in [2.75, 3.05) is 24.7 Å². The summed E-state index contributed by atoms with van der Waals surface area (Å²) in [7, 11) is 0. The van der Waals surface area contributed by atoms with Crippen LogP contribution in [0, 0.1) is 0 Å². The molecule has 50 heavy (non-hydrogen) atoms. The van der Waals surface area contributed by atoms with Crippen molar-refractivity contribution in [3.8, 4) is 11.5 Å². The Hall–Kier alpha value is -5.12. The molecule has 0 atom stereocenters. The van der Waals surface area contributed by atoms with E-state index in [4.69, 9.17) is 30.4 Å². The van der Waals surface area contributed by atoms with Gasteiger partial charge in [0.25, 0.3) is 0 Å². The van der Waals surface area contributed by atoms with E-state index >= 15 is 0 Å². The molecule has 0 saturated carbocycles. The quantitative estimate of drug-likeness (QED) is 0.0345. The number of unbranched alkanes of at least 4 members (excludes halogenated alkanes) is 10. The number of ether oxygens (including phenoxy) is 4. The molecule has 0 spiro atoms. The molecule has 4 N–H and O–H groups in total. The molecule has 10 heteroatoms. The lowest BCUT2D eigenvalue weighted by molar-refractivity contribution is -0.134. The number of anilines is 2. The number of hydrogen-bond donors (Lipinski definition) is 2. The van der Waals surface area contributed by atoms with Crippen molar-refractivity contribution in [3.63, 3.8) is 0 Å². The van der Waals surface area contributed by atoms with Crippen LogP contribution in [0.25, 0.3) is 6.08 Å². The number of hydrogen-bond acceptors (Lipinski definition) is 10. The summed E-state index contributed by atoms with van der Waals surface area (Å²) < 4.78 is 21.3. The smallest absolute Gasteiger partial charge is 0.338 e. The standard InChI is InChI=1S/C40H50N2O8/c1-2-3-11-14-37(43)49-35-20-22-36(23-21-35)50-38(44)24-17-30-15-18-31(19-16-30)39(45)47-25-12-9-7-5-4-6-8-10-13-26-48-40(46)32-27-33(41)29-34(42)28-32/h15-24,27-29H,2-14,25-26,41-42H2,1H3/b24-17+. The molecule has 0 fully saturated rings. The second-order valence-electron chi connectivity index (χ2n) is 12.1. The number of carbonyl (C=O) groups is 4. The molecule has 0 amide bonds. The van der Waals surface area contributed by atoms with Gasteiger partial charge in [-0.1, -0.05) is 76.8 Å². The van der Waals surface area contributed by atoms with Crippen LogP contribution < -0.4 is 20.9 Å². The molecule has 0 unspecified atom stereocenters. The molecule has 0 radical (unpaired) electrons. The third kappa shape index (κ3) is 15.9. The van der Waals surface area contributed by atoms with Crippen LogP contribution in [-0.4, -0.2) is 37.1 Å². The lowest BCUT2D eigenvalue weighted by atomic mass is 10.1. The Balaban J connectivity index is 1.19. The number of benzene rings is 3. The first-order valence-electron chi connectivity index (χ1n) is 17.5. The van der Waals surface area contributed by atoms with E-state index in [1.54, 1.807) is 72.8 Å². The highest BCUT2D eigenvalue weighted by Gasteiger charge is 2.10. The van der Waals surface area contributed by atoms with Gasteiger partial charge >= 0.3 is 23.9 Å². The lowest BCUT2D eigenvalue weighted by Gasteiger charge is -2.07. The highest BCUT2D eigenvalue weighted by atomic mass is 16.5. The van der Waals surface area contributed by atoms with Crippen LogP contribution in [0.1, 0.15) is 117 Å². The second-order valence-corrected chi connectivity index (χ2v) is 12.1. The van der Waals surface area contributed by atoms with E-state index in [1.165, 1.54) is 6.08 Å². The monoisotopic (exact) mass is 686 g/mol. The molecular formula is C40H50N2O8. The molecule has 0 bridgehead atoms. The van der Waals surface area contributed by atoms with Crippen molar-refractivity contribution in [3.05, 3.63) is 89.5 Å². The molecule has 0 heterocycles. The highest BCUT2D eigenvalue weighted by Crippen LogP contribution is 2.19. The first kappa shape index (κ1) is 39.3. The minimum atomic E-state index is -0.560. The SMILES string of the molecule is CCCCCC(=O)Oc1ccc(OC(=O)/C=C/c2ccc(C(=O)OCCCCCCCCCCCOC(=O)c3cc(N)cc(N)c3)cc2)cc1. The Bertz CT molecular complexity index is 1510. The molecule has 268 valence electrons. The molecule has 3 rings (SSSR count). The topological polar surface area (TPSA) is 157 Å². The van der Waals surface area contributed by atoms with Gasteiger partial charge in [0, 0.05) is 23.9 Å². The molecule has 0 saturated heterocycles. The van der Waals surface area contributed by atoms with Crippen LogP contribution in [0.4, 0.5) is 11.4 Å². The predicted octanol–water partition coefficient (Wildman–Crippen LogP) is 8.48. The highest BCUT2D eigenvalue weighted by molar-refractivity contribution is 5.92. The van der Waals surface area contributed by atoms with Gasteiger partial charge in [-0.25, -0.2) is 14.4 Å². The summed E-state index contributed by atoms with van der Waals surface area (Å²) in [5.74, 6) is -0.894.